The number of anilines is 2. The Morgan fingerprint density at radius 3 is 2.32 bits per heavy atom. The second-order valence-corrected chi connectivity index (χ2v) is 8.82. The second kappa shape index (κ2) is 10.3. The summed E-state index contributed by atoms with van der Waals surface area (Å²) < 4.78 is 5.51. The van der Waals surface area contributed by atoms with E-state index in [1.54, 1.807) is 29.2 Å². The Balaban J connectivity index is 1.66. The van der Waals surface area contributed by atoms with Gasteiger partial charge in [0, 0.05) is 34.5 Å². The van der Waals surface area contributed by atoms with Crippen LogP contribution in [0.15, 0.2) is 72.8 Å². The zero-order valence-corrected chi connectivity index (χ0v) is 20.5. The topological polar surface area (TPSA) is 49.9 Å². The van der Waals surface area contributed by atoms with E-state index in [4.69, 9.17) is 16.3 Å². The number of fused-ring (bicyclic) bond motifs is 1. The Bertz CT molecular complexity index is 1160. The second-order valence-electron chi connectivity index (χ2n) is 8.39. The van der Waals surface area contributed by atoms with Crippen molar-refractivity contribution in [3.8, 4) is 5.75 Å². The third-order valence-electron chi connectivity index (χ3n) is 6.24. The van der Waals surface area contributed by atoms with Crippen LogP contribution in [0.3, 0.4) is 0 Å². The first-order chi connectivity index (χ1) is 16.4. The Kier molecular flexibility index (Phi) is 7.23. The number of nitrogens with zero attached hydrogens (tertiary/aromatic N) is 2. The fourth-order valence-electron chi connectivity index (χ4n) is 4.63. The maximum Gasteiger partial charge on any atom is 0.258 e. The molecule has 3 aromatic carbocycles. The van der Waals surface area contributed by atoms with Crippen molar-refractivity contribution in [3.63, 3.8) is 0 Å². The Morgan fingerprint density at radius 1 is 1.00 bits per heavy atom. The number of hydrogen-bond donors (Lipinski definition) is 0. The number of ether oxygens (including phenoxy) is 1. The number of likely N-dealkylation sites (N-methyl/N-ethyl adjacent to an activating group) is 1. The van der Waals surface area contributed by atoms with Gasteiger partial charge in [-0.1, -0.05) is 29.8 Å². The van der Waals surface area contributed by atoms with Crippen molar-refractivity contribution in [1.29, 1.82) is 0 Å². The molecule has 1 heterocycles. The first-order valence-electron chi connectivity index (χ1n) is 11.7. The summed E-state index contributed by atoms with van der Waals surface area (Å²) in [5, 5.41) is 0.632. The predicted octanol–water partition coefficient (Wildman–Crippen LogP) is 6.31. The minimum absolute atomic E-state index is 0.0253. The standard InChI is InChI=1S/C28H29ClN2O3/c1-4-30(22-14-12-21(29)13-15-22)28(33)25-18-19(3)31(26-9-7-6-8-24(25)26)27(32)20-10-16-23(17-11-20)34-5-2/h6-17,19,25H,4-5,18H2,1-3H3/t19-,25-/m0/s1. The molecule has 1 aliphatic rings. The van der Waals surface area contributed by atoms with E-state index >= 15 is 0 Å². The molecule has 0 unspecified atom stereocenters. The van der Waals surface area contributed by atoms with E-state index in [9.17, 15) is 9.59 Å². The van der Waals surface area contributed by atoms with Gasteiger partial charge >= 0.3 is 0 Å². The van der Waals surface area contributed by atoms with E-state index in [-0.39, 0.29) is 23.8 Å². The molecule has 0 aromatic heterocycles. The highest BCUT2D eigenvalue weighted by atomic mass is 35.5. The van der Waals surface area contributed by atoms with E-state index in [0.29, 0.717) is 30.2 Å². The average molecular weight is 477 g/mol. The Morgan fingerprint density at radius 2 is 1.68 bits per heavy atom. The molecular formula is C28H29ClN2O3. The van der Waals surface area contributed by atoms with Gasteiger partial charge in [0.25, 0.3) is 5.91 Å². The molecule has 6 heteroatoms. The maximum atomic E-state index is 13.7. The first-order valence-corrected chi connectivity index (χ1v) is 12.0. The quantitative estimate of drug-likeness (QED) is 0.418. The van der Waals surface area contributed by atoms with Crippen LogP contribution in [0.5, 0.6) is 5.75 Å². The zero-order valence-electron chi connectivity index (χ0n) is 19.7. The lowest BCUT2D eigenvalue weighted by atomic mass is 9.84. The van der Waals surface area contributed by atoms with Gasteiger partial charge in [-0.2, -0.15) is 0 Å². The largest absolute Gasteiger partial charge is 0.494 e. The number of rotatable bonds is 6. The van der Waals surface area contributed by atoms with Crippen LogP contribution in [0, 0.1) is 0 Å². The average Bonchev–Trinajstić information content (AvgIpc) is 2.85. The molecule has 0 bridgehead atoms. The molecule has 4 rings (SSSR count). The predicted molar refractivity (Wildman–Crippen MR) is 137 cm³/mol. The van der Waals surface area contributed by atoms with E-state index in [1.165, 1.54) is 0 Å². The summed E-state index contributed by atoms with van der Waals surface area (Å²) in [6.45, 7) is 7.01. The maximum absolute atomic E-state index is 13.7. The van der Waals surface area contributed by atoms with E-state index in [1.807, 2.05) is 74.2 Å². The van der Waals surface area contributed by atoms with Crippen molar-refractivity contribution in [2.24, 2.45) is 0 Å². The molecule has 1 aliphatic heterocycles. The highest BCUT2D eigenvalue weighted by Crippen LogP contribution is 2.40. The normalized spacial score (nSPS) is 17.1. The van der Waals surface area contributed by atoms with E-state index < -0.39 is 0 Å². The van der Waals surface area contributed by atoms with Crippen LogP contribution < -0.4 is 14.5 Å². The number of hydrogen-bond acceptors (Lipinski definition) is 3. The summed E-state index contributed by atoms with van der Waals surface area (Å²) in [5.74, 6) is 0.334. The summed E-state index contributed by atoms with van der Waals surface area (Å²) in [4.78, 5) is 30.9. The molecule has 0 N–H and O–H groups in total. The number of amides is 2. The lowest BCUT2D eigenvalue weighted by Gasteiger charge is -2.40. The third-order valence-corrected chi connectivity index (χ3v) is 6.49. The van der Waals surface area contributed by atoms with Crippen molar-refractivity contribution in [1.82, 2.24) is 0 Å². The van der Waals surface area contributed by atoms with Gasteiger partial charge in [0.2, 0.25) is 5.91 Å². The summed E-state index contributed by atoms with van der Waals surface area (Å²) >= 11 is 6.05. The fraction of sp³-hybridized carbons (Fsp3) is 0.286. The number of carbonyl (C=O) groups excluding carboxylic acids is 2. The zero-order chi connectivity index (χ0) is 24.2. The van der Waals surface area contributed by atoms with Gasteiger partial charge in [-0.3, -0.25) is 9.59 Å². The highest BCUT2D eigenvalue weighted by molar-refractivity contribution is 6.30. The number of benzene rings is 3. The van der Waals surface area contributed by atoms with E-state index in [0.717, 1.165) is 22.7 Å². The molecule has 0 spiro atoms. The van der Waals surface area contributed by atoms with Gasteiger partial charge < -0.3 is 14.5 Å². The lowest BCUT2D eigenvalue weighted by molar-refractivity contribution is -0.120. The molecular weight excluding hydrogens is 448 g/mol. The minimum atomic E-state index is -0.341. The number of para-hydroxylation sites is 1. The Labute approximate surface area is 205 Å². The summed E-state index contributed by atoms with van der Waals surface area (Å²) in [7, 11) is 0. The van der Waals surface area contributed by atoms with Crippen LogP contribution in [0.2, 0.25) is 5.02 Å². The molecule has 2 amide bonds. The van der Waals surface area contributed by atoms with Gasteiger partial charge in [0.1, 0.15) is 5.75 Å². The van der Waals surface area contributed by atoms with Crippen molar-refractivity contribution in [2.75, 3.05) is 23.0 Å². The molecule has 3 aromatic rings. The summed E-state index contributed by atoms with van der Waals surface area (Å²) in [5.41, 5.74) is 3.06. The monoisotopic (exact) mass is 476 g/mol. The van der Waals surface area contributed by atoms with Crippen LogP contribution >= 0.6 is 11.6 Å². The lowest BCUT2D eigenvalue weighted by Crippen LogP contribution is -2.46. The third kappa shape index (κ3) is 4.66. The minimum Gasteiger partial charge on any atom is -0.494 e. The number of halogens is 1. The van der Waals surface area contributed by atoms with Crippen LogP contribution in [-0.4, -0.2) is 31.0 Å². The van der Waals surface area contributed by atoms with Gasteiger partial charge in [-0.05, 0) is 87.4 Å². The van der Waals surface area contributed by atoms with Crippen LogP contribution in [-0.2, 0) is 4.79 Å². The Hall–Kier alpha value is -3.31. The van der Waals surface area contributed by atoms with Gasteiger partial charge in [0.15, 0.2) is 0 Å². The molecule has 0 saturated carbocycles. The molecule has 0 aliphatic carbocycles. The molecule has 0 fully saturated rings. The fourth-order valence-corrected chi connectivity index (χ4v) is 4.76. The molecule has 0 saturated heterocycles. The smallest absolute Gasteiger partial charge is 0.258 e. The molecule has 5 nitrogen and oxygen atoms in total. The van der Waals surface area contributed by atoms with Crippen molar-refractivity contribution < 1.29 is 14.3 Å². The van der Waals surface area contributed by atoms with Crippen molar-refractivity contribution in [3.05, 3.63) is 88.9 Å². The molecule has 34 heavy (non-hydrogen) atoms. The summed E-state index contributed by atoms with van der Waals surface area (Å²) in [6, 6.07) is 22.1. The van der Waals surface area contributed by atoms with E-state index in [2.05, 4.69) is 0 Å². The first kappa shape index (κ1) is 23.8. The molecule has 0 radical (unpaired) electrons. The van der Waals surface area contributed by atoms with Crippen LogP contribution in [0.4, 0.5) is 11.4 Å². The van der Waals surface area contributed by atoms with Crippen LogP contribution in [0.25, 0.3) is 0 Å². The van der Waals surface area contributed by atoms with Crippen molar-refractivity contribution >= 4 is 34.8 Å². The number of carbonyl (C=O) groups is 2. The summed E-state index contributed by atoms with van der Waals surface area (Å²) in [6.07, 6.45) is 0.544. The van der Waals surface area contributed by atoms with Gasteiger partial charge in [0.05, 0.1) is 12.5 Å². The molecule has 2 atom stereocenters. The van der Waals surface area contributed by atoms with Crippen molar-refractivity contribution in [2.45, 2.75) is 39.2 Å². The van der Waals surface area contributed by atoms with Gasteiger partial charge in [-0.15, -0.1) is 0 Å². The highest BCUT2D eigenvalue weighted by Gasteiger charge is 2.38. The van der Waals surface area contributed by atoms with Gasteiger partial charge in [-0.25, -0.2) is 0 Å². The van der Waals surface area contributed by atoms with Crippen LogP contribution in [0.1, 0.15) is 49.0 Å². The SMILES string of the molecule is CCOc1ccc(C(=O)N2c3ccccc3[C@@H](C(=O)N(CC)c3ccc(Cl)cc3)C[C@@H]2C)cc1. The molecule has 176 valence electrons.